The van der Waals surface area contributed by atoms with Crippen LogP contribution in [0, 0.1) is 17.2 Å². The average molecular weight is 587 g/mol. The summed E-state index contributed by atoms with van der Waals surface area (Å²) in [7, 11) is 2.00. The van der Waals surface area contributed by atoms with Crippen LogP contribution < -0.4 is 4.90 Å². The Morgan fingerprint density at radius 3 is 2.48 bits per heavy atom. The van der Waals surface area contributed by atoms with Gasteiger partial charge in [0.05, 0.1) is 11.4 Å². The van der Waals surface area contributed by atoms with Gasteiger partial charge in [0.1, 0.15) is 5.82 Å². The zero-order chi connectivity index (χ0) is 30.6. The summed E-state index contributed by atoms with van der Waals surface area (Å²) in [6.45, 7) is 6.55. The first kappa shape index (κ1) is 28.6. The standard InChI is InChI=1S/C38H39FN4O/c1-5-37(2)32-18-17-29-33(28-13-9-10-14-30(28)39)41-36(25-19-20-40-31(21-25)24-15-16-24)42-34(29)38(32,3)22-26(35(37)44)23-43(4)27-11-7-6-8-12-27/h6-14,19-21,23-24,32H,5,15-18,22H2,1-4H3/b26-23-/t32-,37-,38-/m1/s1. The number of anilines is 1. The molecular formula is C38H39FN4O. The molecule has 0 bridgehead atoms. The number of benzene rings is 2. The summed E-state index contributed by atoms with van der Waals surface area (Å²) in [5.74, 6) is 1.11. The number of carbonyl (C=O) groups is 1. The lowest BCUT2D eigenvalue weighted by molar-refractivity contribution is -0.133. The van der Waals surface area contributed by atoms with E-state index in [1.807, 2.05) is 60.7 Å². The van der Waals surface area contributed by atoms with Crippen LogP contribution in [0.15, 0.2) is 84.7 Å². The topological polar surface area (TPSA) is 59.0 Å². The van der Waals surface area contributed by atoms with Crippen molar-refractivity contribution >= 4 is 11.5 Å². The Morgan fingerprint density at radius 1 is 1.00 bits per heavy atom. The first-order valence-electron chi connectivity index (χ1n) is 15.9. The van der Waals surface area contributed by atoms with E-state index in [1.165, 1.54) is 6.07 Å². The summed E-state index contributed by atoms with van der Waals surface area (Å²) in [5.41, 5.74) is 5.91. The molecule has 6 heteroatoms. The molecule has 3 atom stereocenters. The molecule has 2 aromatic heterocycles. The molecule has 0 aliphatic heterocycles. The van der Waals surface area contributed by atoms with Crippen LogP contribution in [0.5, 0.6) is 0 Å². The highest BCUT2D eigenvalue weighted by molar-refractivity contribution is 6.01. The number of hydrogen-bond donors (Lipinski definition) is 0. The van der Waals surface area contributed by atoms with Crippen molar-refractivity contribution in [3.05, 3.63) is 107 Å². The van der Waals surface area contributed by atoms with Crippen LogP contribution in [-0.2, 0) is 16.6 Å². The Labute approximate surface area is 259 Å². The maximum atomic E-state index is 15.5. The van der Waals surface area contributed by atoms with Gasteiger partial charge < -0.3 is 4.90 Å². The summed E-state index contributed by atoms with van der Waals surface area (Å²) in [5, 5.41) is 0. The van der Waals surface area contributed by atoms with Crippen molar-refractivity contribution in [3.8, 4) is 22.6 Å². The van der Waals surface area contributed by atoms with Gasteiger partial charge in [-0.15, -0.1) is 0 Å². The number of nitrogens with zero attached hydrogens (tertiary/aromatic N) is 4. The molecule has 0 N–H and O–H groups in total. The third kappa shape index (κ3) is 4.66. The van der Waals surface area contributed by atoms with E-state index in [9.17, 15) is 4.79 Å². The number of halogens is 1. The van der Waals surface area contributed by atoms with E-state index in [-0.39, 0.29) is 17.5 Å². The van der Waals surface area contributed by atoms with E-state index in [0.717, 1.165) is 59.5 Å². The first-order chi connectivity index (χ1) is 21.2. The Hall–Kier alpha value is -4.19. The van der Waals surface area contributed by atoms with Crippen LogP contribution in [0.1, 0.15) is 75.7 Å². The van der Waals surface area contributed by atoms with E-state index in [0.29, 0.717) is 35.8 Å². The molecule has 5 nitrogen and oxygen atoms in total. The van der Waals surface area contributed by atoms with Crippen LogP contribution in [0.2, 0.25) is 0 Å². The van der Waals surface area contributed by atoms with Crippen molar-refractivity contribution in [2.75, 3.05) is 11.9 Å². The fourth-order valence-corrected chi connectivity index (χ4v) is 7.87. The molecule has 2 saturated carbocycles. The number of carbonyl (C=O) groups excluding carboxylic acids is 1. The van der Waals surface area contributed by atoms with Crippen LogP contribution in [-0.4, -0.2) is 27.8 Å². The summed E-state index contributed by atoms with van der Waals surface area (Å²) in [4.78, 5) is 31.4. The molecule has 0 amide bonds. The van der Waals surface area contributed by atoms with Gasteiger partial charge in [-0.05, 0) is 80.8 Å². The van der Waals surface area contributed by atoms with Crippen LogP contribution in [0.25, 0.3) is 22.6 Å². The number of Topliss-reactive ketones (excluding diaryl/α,β-unsaturated/α-hetero) is 1. The Morgan fingerprint density at radius 2 is 1.75 bits per heavy atom. The minimum absolute atomic E-state index is 0.0925. The molecule has 3 aliphatic carbocycles. The summed E-state index contributed by atoms with van der Waals surface area (Å²) in [6.07, 6.45) is 8.99. The smallest absolute Gasteiger partial charge is 0.166 e. The normalized spacial score (nSPS) is 25.4. The van der Waals surface area contributed by atoms with Gasteiger partial charge in [0.15, 0.2) is 11.6 Å². The molecule has 0 radical (unpaired) electrons. The minimum Gasteiger partial charge on any atom is -0.351 e. The molecule has 0 saturated heterocycles. The van der Waals surface area contributed by atoms with Crippen molar-refractivity contribution in [1.82, 2.24) is 15.0 Å². The number of hydrogen-bond acceptors (Lipinski definition) is 5. The lowest BCUT2D eigenvalue weighted by Gasteiger charge is -2.54. The molecule has 0 spiro atoms. The summed E-state index contributed by atoms with van der Waals surface area (Å²) in [6, 6.07) is 21.1. The lowest BCUT2D eigenvalue weighted by Crippen LogP contribution is -2.55. The number of pyridine rings is 1. The molecule has 2 aromatic carbocycles. The van der Waals surface area contributed by atoms with E-state index >= 15 is 4.39 Å². The molecule has 224 valence electrons. The Balaban J connectivity index is 1.43. The van der Waals surface area contributed by atoms with Crippen LogP contribution in [0.3, 0.4) is 0 Å². The van der Waals surface area contributed by atoms with Gasteiger partial charge in [-0.1, -0.05) is 51.1 Å². The average Bonchev–Trinajstić information content (AvgIpc) is 3.90. The first-order valence-corrected chi connectivity index (χ1v) is 15.9. The Kier molecular flexibility index (Phi) is 6.99. The summed E-state index contributed by atoms with van der Waals surface area (Å²) < 4.78 is 15.5. The highest BCUT2D eigenvalue weighted by Crippen LogP contribution is 2.59. The maximum Gasteiger partial charge on any atom is 0.166 e. The fourth-order valence-electron chi connectivity index (χ4n) is 7.87. The van der Waals surface area contributed by atoms with Crippen molar-refractivity contribution in [1.29, 1.82) is 0 Å². The molecule has 3 aliphatic rings. The third-order valence-corrected chi connectivity index (χ3v) is 10.5. The molecular weight excluding hydrogens is 547 g/mol. The number of fused-ring (bicyclic) bond motifs is 3. The molecule has 2 fully saturated rings. The lowest BCUT2D eigenvalue weighted by atomic mass is 9.48. The zero-order valence-corrected chi connectivity index (χ0v) is 26.0. The highest BCUT2D eigenvalue weighted by atomic mass is 19.1. The van der Waals surface area contributed by atoms with Crippen molar-refractivity contribution in [2.24, 2.45) is 11.3 Å². The minimum atomic E-state index is -0.548. The monoisotopic (exact) mass is 586 g/mol. The van der Waals surface area contributed by atoms with E-state index in [4.69, 9.17) is 9.97 Å². The molecule has 44 heavy (non-hydrogen) atoms. The molecule has 2 heterocycles. The largest absolute Gasteiger partial charge is 0.351 e. The fraction of sp³-hybridized carbons (Fsp3) is 0.368. The van der Waals surface area contributed by atoms with Gasteiger partial charge >= 0.3 is 0 Å². The predicted molar refractivity (Wildman–Crippen MR) is 173 cm³/mol. The predicted octanol–water partition coefficient (Wildman–Crippen LogP) is 8.45. The number of ketones is 1. The molecule has 4 aromatic rings. The van der Waals surface area contributed by atoms with E-state index in [2.05, 4.69) is 44.0 Å². The SMILES string of the molecule is CC[C@@]1(C)C(=O)/C(=C\N(C)c2ccccc2)C[C@@]2(C)c3nc(-c4ccnc(C5CC5)c4)nc(-c4ccccc4F)c3CC[C@H]12. The summed E-state index contributed by atoms with van der Waals surface area (Å²) >= 11 is 0. The van der Waals surface area contributed by atoms with Crippen molar-refractivity contribution < 1.29 is 9.18 Å². The van der Waals surface area contributed by atoms with E-state index in [1.54, 1.807) is 6.07 Å². The Bertz CT molecular complexity index is 1780. The van der Waals surface area contributed by atoms with Gasteiger partial charge in [-0.25, -0.2) is 14.4 Å². The van der Waals surface area contributed by atoms with E-state index < -0.39 is 10.8 Å². The second kappa shape index (κ2) is 10.8. The molecule has 0 unspecified atom stereocenters. The number of aromatic nitrogens is 3. The van der Waals surface area contributed by atoms with Crippen molar-refractivity contribution in [3.63, 3.8) is 0 Å². The number of allylic oxidation sites excluding steroid dienone is 1. The maximum absolute atomic E-state index is 15.5. The second-order valence-electron chi connectivity index (χ2n) is 13.3. The second-order valence-corrected chi connectivity index (χ2v) is 13.3. The van der Waals surface area contributed by atoms with Crippen LogP contribution in [0.4, 0.5) is 10.1 Å². The van der Waals surface area contributed by atoms with Crippen molar-refractivity contribution in [2.45, 2.75) is 70.6 Å². The quantitative estimate of drug-likeness (QED) is 0.212. The van der Waals surface area contributed by atoms with Gasteiger partial charge in [-0.2, -0.15) is 0 Å². The third-order valence-electron chi connectivity index (χ3n) is 10.5. The van der Waals surface area contributed by atoms with Gasteiger partial charge in [-0.3, -0.25) is 9.78 Å². The highest BCUT2D eigenvalue weighted by Gasteiger charge is 2.58. The van der Waals surface area contributed by atoms with Crippen LogP contribution >= 0.6 is 0 Å². The van der Waals surface area contributed by atoms with Gasteiger partial charge in [0, 0.05) is 69.8 Å². The van der Waals surface area contributed by atoms with Gasteiger partial charge in [0.25, 0.3) is 0 Å². The molecule has 7 rings (SSSR count). The van der Waals surface area contributed by atoms with Gasteiger partial charge in [0.2, 0.25) is 0 Å². The number of rotatable bonds is 6. The number of para-hydroxylation sites is 1. The zero-order valence-electron chi connectivity index (χ0n) is 26.0.